The van der Waals surface area contributed by atoms with Crippen molar-refractivity contribution in [2.24, 2.45) is 5.73 Å². The minimum absolute atomic E-state index is 0.262. The topological polar surface area (TPSA) is 79.1 Å². The molecular formula is C8H12N2O2. The van der Waals surface area contributed by atoms with E-state index in [0.29, 0.717) is 13.0 Å². The predicted molar refractivity (Wildman–Crippen MR) is 45.2 cm³/mol. The molecule has 0 aromatic carbocycles. The van der Waals surface area contributed by atoms with Crippen LogP contribution < -0.4 is 5.73 Å². The van der Waals surface area contributed by atoms with Gasteiger partial charge in [0.25, 0.3) is 0 Å². The molecule has 0 amide bonds. The summed E-state index contributed by atoms with van der Waals surface area (Å²) in [6.07, 6.45) is 0.689. The van der Waals surface area contributed by atoms with E-state index >= 15 is 0 Å². The molecule has 0 fully saturated rings. The molecule has 0 atom stereocenters. The van der Waals surface area contributed by atoms with Gasteiger partial charge in [-0.2, -0.15) is 0 Å². The third-order valence-corrected chi connectivity index (χ3v) is 1.70. The van der Waals surface area contributed by atoms with Crippen LogP contribution in [0.25, 0.3) is 0 Å². The lowest BCUT2D eigenvalue weighted by Gasteiger charge is -1.91. The number of nitrogens with one attached hydrogen (secondary N) is 1. The highest BCUT2D eigenvalue weighted by molar-refractivity contribution is 5.87. The maximum Gasteiger partial charge on any atom is 0.352 e. The van der Waals surface area contributed by atoms with E-state index in [-0.39, 0.29) is 5.69 Å². The Balaban J connectivity index is 2.92. The van der Waals surface area contributed by atoms with Crippen LogP contribution in [0.1, 0.15) is 21.7 Å². The number of hydrogen-bond acceptors (Lipinski definition) is 2. The van der Waals surface area contributed by atoms with Crippen molar-refractivity contribution >= 4 is 5.97 Å². The van der Waals surface area contributed by atoms with Gasteiger partial charge in [-0.1, -0.05) is 0 Å². The second-order valence-electron chi connectivity index (χ2n) is 2.70. The summed E-state index contributed by atoms with van der Waals surface area (Å²) in [7, 11) is 0. The van der Waals surface area contributed by atoms with Crippen molar-refractivity contribution in [2.75, 3.05) is 6.54 Å². The predicted octanol–water partition coefficient (Wildman–Crippen LogP) is 0.523. The van der Waals surface area contributed by atoms with Gasteiger partial charge in [-0.25, -0.2) is 4.79 Å². The first-order chi connectivity index (χ1) is 5.65. The number of nitrogens with two attached hydrogens (primary N) is 1. The van der Waals surface area contributed by atoms with Gasteiger partial charge in [0.05, 0.1) is 0 Å². The maximum absolute atomic E-state index is 10.6. The number of aromatic carboxylic acids is 1. The highest BCUT2D eigenvalue weighted by atomic mass is 16.4. The Morgan fingerprint density at radius 1 is 1.75 bits per heavy atom. The molecule has 0 radical (unpaired) electrons. The van der Waals surface area contributed by atoms with Crippen LogP contribution in [0.5, 0.6) is 0 Å². The normalized spacial score (nSPS) is 10.2. The molecule has 0 saturated carbocycles. The van der Waals surface area contributed by atoms with Crippen molar-refractivity contribution in [3.8, 4) is 0 Å². The van der Waals surface area contributed by atoms with Gasteiger partial charge in [0, 0.05) is 5.69 Å². The van der Waals surface area contributed by atoms with Crippen LogP contribution in [0, 0.1) is 6.92 Å². The molecule has 0 unspecified atom stereocenters. The monoisotopic (exact) mass is 168 g/mol. The van der Waals surface area contributed by atoms with E-state index < -0.39 is 5.97 Å². The molecule has 1 rings (SSSR count). The van der Waals surface area contributed by atoms with E-state index in [2.05, 4.69) is 4.98 Å². The molecule has 0 spiro atoms. The minimum Gasteiger partial charge on any atom is -0.477 e. The number of hydrogen-bond donors (Lipinski definition) is 3. The first-order valence-electron chi connectivity index (χ1n) is 3.77. The third-order valence-electron chi connectivity index (χ3n) is 1.70. The van der Waals surface area contributed by atoms with Crippen molar-refractivity contribution in [3.63, 3.8) is 0 Å². The van der Waals surface area contributed by atoms with Crippen LogP contribution in [0.2, 0.25) is 0 Å². The standard InChI is InChI=1S/C8H12N2O2/c1-5-4-6(2-3-9)10-7(5)8(11)12/h4,10H,2-3,9H2,1H3,(H,11,12). The van der Waals surface area contributed by atoms with Gasteiger partial charge in [0.2, 0.25) is 0 Å². The summed E-state index contributed by atoms with van der Waals surface area (Å²) in [6, 6.07) is 1.82. The van der Waals surface area contributed by atoms with Gasteiger partial charge in [-0.15, -0.1) is 0 Å². The SMILES string of the molecule is Cc1cc(CCN)[nH]c1C(=O)O. The number of rotatable bonds is 3. The summed E-state index contributed by atoms with van der Waals surface area (Å²) in [5.41, 5.74) is 7.23. The lowest BCUT2D eigenvalue weighted by Crippen LogP contribution is -2.04. The largest absolute Gasteiger partial charge is 0.477 e. The number of H-pyrrole nitrogens is 1. The first-order valence-corrected chi connectivity index (χ1v) is 3.77. The Morgan fingerprint density at radius 3 is 2.83 bits per heavy atom. The Kier molecular flexibility index (Phi) is 2.50. The molecule has 0 aliphatic carbocycles. The zero-order chi connectivity index (χ0) is 9.14. The maximum atomic E-state index is 10.6. The van der Waals surface area contributed by atoms with Gasteiger partial charge < -0.3 is 15.8 Å². The van der Waals surface area contributed by atoms with Gasteiger partial charge in [0.1, 0.15) is 5.69 Å². The Labute approximate surface area is 70.4 Å². The van der Waals surface area contributed by atoms with Crippen LogP contribution in [0.15, 0.2) is 6.07 Å². The summed E-state index contributed by atoms with van der Waals surface area (Å²) >= 11 is 0. The van der Waals surface area contributed by atoms with Crippen molar-refractivity contribution in [1.29, 1.82) is 0 Å². The molecule has 4 nitrogen and oxygen atoms in total. The van der Waals surface area contributed by atoms with E-state index in [0.717, 1.165) is 11.3 Å². The molecule has 0 aliphatic rings. The molecule has 1 aromatic rings. The van der Waals surface area contributed by atoms with Crippen LogP contribution in [-0.2, 0) is 6.42 Å². The summed E-state index contributed by atoms with van der Waals surface area (Å²) < 4.78 is 0. The fraction of sp³-hybridized carbons (Fsp3) is 0.375. The number of carbonyl (C=O) groups is 1. The highest BCUT2D eigenvalue weighted by Crippen LogP contribution is 2.09. The Bertz CT molecular complexity index is 291. The molecular weight excluding hydrogens is 156 g/mol. The second-order valence-corrected chi connectivity index (χ2v) is 2.70. The van der Waals surface area contributed by atoms with Gasteiger partial charge in [0.15, 0.2) is 0 Å². The fourth-order valence-electron chi connectivity index (χ4n) is 1.14. The minimum atomic E-state index is -0.921. The van der Waals surface area contributed by atoms with Crippen molar-refractivity contribution in [3.05, 3.63) is 23.0 Å². The van der Waals surface area contributed by atoms with Gasteiger partial charge >= 0.3 is 5.97 Å². The van der Waals surface area contributed by atoms with Crippen LogP contribution in [0.4, 0.5) is 0 Å². The zero-order valence-electron chi connectivity index (χ0n) is 6.92. The lowest BCUT2D eigenvalue weighted by molar-refractivity contribution is 0.0690. The van der Waals surface area contributed by atoms with Crippen molar-refractivity contribution in [1.82, 2.24) is 4.98 Å². The number of carboxylic acids is 1. The van der Waals surface area contributed by atoms with Crippen molar-refractivity contribution in [2.45, 2.75) is 13.3 Å². The number of aromatic nitrogens is 1. The first kappa shape index (κ1) is 8.80. The molecule has 0 saturated heterocycles. The average Bonchev–Trinajstić information content (AvgIpc) is 2.32. The third kappa shape index (κ3) is 1.65. The number of aryl methyl sites for hydroxylation is 1. The van der Waals surface area contributed by atoms with Crippen molar-refractivity contribution < 1.29 is 9.90 Å². The molecule has 0 aliphatic heterocycles. The second kappa shape index (κ2) is 3.40. The zero-order valence-corrected chi connectivity index (χ0v) is 6.92. The molecule has 4 heteroatoms. The van der Waals surface area contributed by atoms with Crippen LogP contribution in [-0.4, -0.2) is 22.6 Å². The highest BCUT2D eigenvalue weighted by Gasteiger charge is 2.09. The quantitative estimate of drug-likeness (QED) is 0.615. The fourth-order valence-corrected chi connectivity index (χ4v) is 1.14. The number of carboxylic acid groups (broad SMARTS) is 1. The smallest absolute Gasteiger partial charge is 0.352 e. The molecule has 0 bridgehead atoms. The van der Waals surface area contributed by atoms with E-state index in [1.807, 2.05) is 6.07 Å². The van der Waals surface area contributed by atoms with Gasteiger partial charge in [-0.05, 0) is 31.5 Å². The van der Waals surface area contributed by atoms with Crippen LogP contribution in [0.3, 0.4) is 0 Å². The molecule has 1 heterocycles. The van der Waals surface area contributed by atoms with E-state index in [4.69, 9.17) is 10.8 Å². The Morgan fingerprint density at radius 2 is 2.42 bits per heavy atom. The van der Waals surface area contributed by atoms with Crippen LogP contribution >= 0.6 is 0 Å². The summed E-state index contributed by atoms with van der Waals surface area (Å²) in [5.74, 6) is -0.921. The summed E-state index contributed by atoms with van der Waals surface area (Å²) in [4.78, 5) is 13.4. The van der Waals surface area contributed by atoms with E-state index in [9.17, 15) is 4.79 Å². The lowest BCUT2D eigenvalue weighted by atomic mass is 10.2. The summed E-state index contributed by atoms with van der Waals surface area (Å²) in [6.45, 7) is 2.29. The molecule has 1 aromatic heterocycles. The average molecular weight is 168 g/mol. The molecule has 66 valence electrons. The van der Waals surface area contributed by atoms with E-state index in [1.165, 1.54) is 0 Å². The van der Waals surface area contributed by atoms with E-state index in [1.54, 1.807) is 6.92 Å². The Hall–Kier alpha value is -1.29. The summed E-state index contributed by atoms with van der Waals surface area (Å²) in [5, 5.41) is 8.68. The van der Waals surface area contributed by atoms with Gasteiger partial charge in [-0.3, -0.25) is 0 Å². The number of aromatic amines is 1. The molecule has 4 N–H and O–H groups in total. The molecule has 12 heavy (non-hydrogen) atoms.